The predicted octanol–water partition coefficient (Wildman–Crippen LogP) is 2.61. The highest BCUT2D eigenvalue weighted by Crippen LogP contribution is 2.22. The lowest BCUT2D eigenvalue weighted by Gasteiger charge is -2.30. The maximum atomic E-state index is 6.00. The van der Waals surface area contributed by atoms with Gasteiger partial charge in [0.25, 0.3) is 0 Å². The summed E-state index contributed by atoms with van der Waals surface area (Å²) in [5, 5.41) is 0. The first-order valence-corrected chi connectivity index (χ1v) is 7.26. The van der Waals surface area contributed by atoms with Gasteiger partial charge in [-0.15, -0.1) is 0 Å². The van der Waals surface area contributed by atoms with Crippen LogP contribution in [0.3, 0.4) is 0 Å². The van der Waals surface area contributed by atoms with Crippen LogP contribution in [0, 0.1) is 0 Å². The lowest BCUT2D eigenvalue weighted by Crippen LogP contribution is -2.33. The molecule has 0 radical (unpaired) electrons. The molecule has 0 spiro atoms. The van der Waals surface area contributed by atoms with Gasteiger partial charge in [-0.3, -0.25) is 4.90 Å². The lowest BCUT2D eigenvalue weighted by molar-refractivity contribution is 0.203. The van der Waals surface area contributed by atoms with E-state index in [0.29, 0.717) is 12.4 Å². The highest BCUT2D eigenvalue weighted by molar-refractivity contribution is 5.22. The summed E-state index contributed by atoms with van der Waals surface area (Å²) >= 11 is 0. The molecule has 2 rings (SSSR count). The van der Waals surface area contributed by atoms with Gasteiger partial charge in [-0.2, -0.15) is 0 Å². The number of hydrogen-bond donors (Lipinski definition) is 1. The topological polar surface area (TPSA) is 51.4 Å². The SMILES string of the molecule is CCN(Cc1ccccc1)C(CN)c1ccc(OC)nc1. The Morgan fingerprint density at radius 1 is 1.19 bits per heavy atom. The molecule has 0 saturated heterocycles. The minimum atomic E-state index is 0.161. The van der Waals surface area contributed by atoms with Crippen molar-refractivity contribution in [1.29, 1.82) is 0 Å². The molecule has 1 aromatic heterocycles. The molecule has 1 atom stereocenters. The summed E-state index contributed by atoms with van der Waals surface area (Å²) in [6, 6.07) is 14.5. The van der Waals surface area contributed by atoms with Crippen molar-refractivity contribution in [1.82, 2.24) is 9.88 Å². The van der Waals surface area contributed by atoms with E-state index in [1.807, 2.05) is 24.4 Å². The monoisotopic (exact) mass is 285 g/mol. The number of benzene rings is 1. The van der Waals surface area contributed by atoms with Gasteiger partial charge in [-0.1, -0.05) is 43.3 Å². The van der Waals surface area contributed by atoms with E-state index in [2.05, 4.69) is 41.1 Å². The van der Waals surface area contributed by atoms with Gasteiger partial charge >= 0.3 is 0 Å². The van der Waals surface area contributed by atoms with E-state index >= 15 is 0 Å². The molecule has 0 saturated carbocycles. The molecular formula is C17H23N3O. The summed E-state index contributed by atoms with van der Waals surface area (Å²) in [6.45, 7) is 4.53. The average Bonchev–Trinajstić information content (AvgIpc) is 2.56. The Bertz CT molecular complexity index is 527. The molecule has 0 aliphatic heterocycles. The summed E-state index contributed by atoms with van der Waals surface area (Å²) in [7, 11) is 1.62. The van der Waals surface area contributed by atoms with Crippen molar-refractivity contribution in [3.05, 3.63) is 59.8 Å². The van der Waals surface area contributed by atoms with Crippen LogP contribution in [-0.4, -0.2) is 30.1 Å². The number of ether oxygens (including phenoxy) is 1. The summed E-state index contributed by atoms with van der Waals surface area (Å²) in [6.07, 6.45) is 1.85. The zero-order valence-electron chi connectivity index (χ0n) is 12.7. The standard InChI is InChI=1S/C17H23N3O/c1-3-20(13-14-7-5-4-6-8-14)16(11-18)15-9-10-17(21-2)19-12-15/h4-10,12,16H,3,11,13,18H2,1-2H3. The molecule has 0 aliphatic rings. The van der Waals surface area contributed by atoms with E-state index in [-0.39, 0.29) is 6.04 Å². The highest BCUT2D eigenvalue weighted by Gasteiger charge is 2.18. The Kier molecular flexibility index (Phi) is 5.72. The fourth-order valence-electron chi connectivity index (χ4n) is 2.47. The van der Waals surface area contributed by atoms with Crippen LogP contribution in [0.4, 0.5) is 0 Å². The number of nitrogens with two attached hydrogens (primary N) is 1. The highest BCUT2D eigenvalue weighted by atomic mass is 16.5. The molecule has 0 aliphatic carbocycles. The van der Waals surface area contributed by atoms with Gasteiger partial charge in [0, 0.05) is 31.4 Å². The Balaban J connectivity index is 2.16. The Morgan fingerprint density at radius 2 is 1.95 bits per heavy atom. The summed E-state index contributed by atoms with van der Waals surface area (Å²) < 4.78 is 5.11. The predicted molar refractivity (Wildman–Crippen MR) is 85.1 cm³/mol. The molecule has 21 heavy (non-hydrogen) atoms. The first-order chi connectivity index (χ1) is 10.3. The Labute approximate surface area is 126 Å². The molecular weight excluding hydrogens is 262 g/mol. The number of methoxy groups -OCH3 is 1. The molecule has 1 heterocycles. The normalized spacial score (nSPS) is 12.4. The third kappa shape index (κ3) is 4.03. The van der Waals surface area contributed by atoms with E-state index in [1.54, 1.807) is 7.11 Å². The number of nitrogens with zero attached hydrogens (tertiary/aromatic N) is 2. The smallest absolute Gasteiger partial charge is 0.212 e. The van der Waals surface area contributed by atoms with Crippen molar-refractivity contribution in [2.75, 3.05) is 20.2 Å². The van der Waals surface area contributed by atoms with Crippen molar-refractivity contribution in [2.45, 2.75) is 19.5 Å². The molecule has 0 fully saturated rings. The Morgan fingerprint density at radius 3 is 2.48 bits per heavy atom. The molecule has 0 bridgehead atoms. The molecule has 4 heteroatoms. The van der Waals surface area contributed by atoms with Crippen molar-refractivity contribution in [3.8, 4) is 5.88 Å². The zero-order valence-corrected chi connectivity index (χ0v) is 12.7. The van der Waals surface area contributed by atoms with Crippen LogP contribution in [0.1, 0.15) is 24.1 Å². The molecule has 2 aromatic rings. The third-order valence-corrected chi connectivity index (χ3v) is 3.65. The molecule has 1 unspecified atom stereocenters. The third-order valence-electron chi connectivity index (χ3n) is 3.65. The van der Waals surface area contributed by atoms with E-state index in [0.717, 1.165) is 18.7 Å². The van der Waals surface area contributed by atoms with Crippen LogP contribution < -0.4 is 10.5 Å². The molecule has 0 amide bonds. The Hall–Kier alpha value is -1.91. The minimum absolute atomic E-state index is 0.161. The molecule has 1 aromatic carbocycles. The zero-order chi connectivity index (χ0) is 15.1. The second-order valence-electron chi connectivity index (χ2n) is 4.93. The van der Waals surface area contributed by atoms with Gasteiger partial charge in [0.15, 0.2) is 0 Å². The van der Waals surface area contributed by atoms with Crippen LogP contribution in [-0.2, 0) is 6.54 Å². The van der Waals surface area contributed by atoms with E-state index in [1.165, 1.54) is 5.56 Å². The van der Waals surface area contributed by atoms with E-state index in [9.17, 15) is 0 Å². The van der Waals surface area contributed by atoms with Crippen LogP contribution in [0.5, 0.6) is 5.88 Å². The van der Waals surface area contributed by atoms with E-state index in [4.69, 9.17) is 10.5 Å². The van der Waals surface area contributed by atoms with E-state index < -0.39 is 0 Å². The fourth-order valence-corrected chi connectivity index (χ4v) is 2.47. The lowest BCUT2D eigenvalue weighted by atomic mass is 10.1. The first-order valence-electron chi connectivity index (χ1n) is 7.26. The van der Waals surface area contributed by atoms with Gasteiger partial charge < -0.3 is 10.5 Å². The van der Waals surface area contributed by atoms with Crippen LogP contribution in [0.15, 0.2) is 48.7 Å². The van der Waals surface area contributed by atoms with Gasteiger partial charge in [0.05, 0.1) is 7.11 Å². The maximum absolute atomic E-state index is 6.00. The van der Waals surface area contributed by atoms with Crippen molar-refractivity contribution in [2.24, 2.45) is 5.73 Å². The second kappa shape index (κ2) is 7.76. The van der Waals surface area contributed by atoms with Crippen LogP contribution in [0.25, 0.3) is 0 Å². The number of hydrogen-bond acceptors (Lipinski definition) is 4. The van der Waals surface area contributed by atoms with Crippen molar-refractivity contribution in [3.63, 3.8) is 0 Å². The summed E-state index contributed by atoms with van der Waals surface area (Å²) in [5.74, 6) is 0.626. The van der Waals surface area contributed by atoms with Gasteiger partial charge in [0.2, 0.25) is 5.88 Å². The van der Waals surface area contributed by atoms with Crippen molar-refractivity contribution >= 4 is 0 Å². The average molecular weight is 285 g/mol. The summed E-state index contributed by atoms with van der Waals surface area (Å²) in [4.78, 5) is 6.65. The van der Waals surface area contributed by atoms with Crippen LogP contribution >= 0.6 is 0 Å². The summed E-state index contributed by atoms with van der Waals surface area (Å²) in [5.41, 5.74) is 8.42. The van der Waals surface area contributed by atoms with Crippen molar-refractivity contribution < 1.29 is 4.74 Å². The maximum Gasteiger partial charge on any atom is 0.212 e. The van der Waals surface area contributed by atoms with Gasteiger partial charge in [-0.05, 0) is 17.7 Å². The second-order valence-corrected chi connectivity index (χ2v) is 4.93. The number of likely N-dealkylation sites (N-methyl/N-ethyl adjacent to an activating group) is 1. The largest absolute Gasteiger partial charge is 0.481 e. The quantitative estimate of drug-likeness (QED) is 0.849. The minimum Gasteiger partial charge on any atom is -0.481 e. The van der Waals surface area contributed by atoms with Gasteiger partial charge in [0.1, 0.15) is 0 Å². The molecule has 2 N–H and O–H groups in total. The molecule has 112 valence electrons. The number of pyridine rings is 1. The molecule has 4 nitrogen and oxygen atoms in total. The van der Waals surface area contributed by atoms with Gasteiger partial charge in [-0.25, -0.2) is 4.98 Å². The first kappa shape index (κ1) is 15.5. The fraction of sp³-hybridized carbons (Fsp3) is 0.353. The number of aromatic nitrogens is 1. The number of rotatable bonds is 7. The van der Waals surface area contributed by atoms with Crippen LogP contribution in [0.2, 0.25) is 0 Å².